The molecule has 0 aromatic rings. The van der Waals surface area contributed by atoms with Gasteiger partial charge >= 0.3 is 0 Å². The zero-order chi connectivity index (χ0) is 12.4. The molecule has 1 rings (SSSR count). The van der Waals surface area contributed by atoms with Crippen molar-refractivity contribution < 1.29 is 4.43 Å². The molecule has 0 N–H and O–H groups in total. The molecule has 0 spiro atoms. The predicted molar refractivity (Wildman–Crippen MR) is 79.0 cm³/mol. The van der Waals surface area contributed by atoms with Gasteiger partial charge in [0.15, 0.2) is 8.32 Å². The van der Waals surface area contributed by atoms with Gasteiger partial charge in [-0.05, 0) is 24.6 Å². The third-order valence-corrected chi connectivity index (χ3v) is 8.95. The Hall–Kier alpha value is 0.177. The fraction of sp³-hybridized carbons (Fsp3) is 1.00. The summed E-state index contributed by atoms with van der Waals surface area (Å²) in [5.74, 6) is 0. The SMILES string of the molecule is CCCCCCCCCO[Si]1(CC)CCCC1. The molecule has 1 fully saturated rings. The molecular formula is C15H32OSi. The van der Waals surface area contributed by atoms with Gasteiger partial charge in [0.05, 0.1) is 0 Å². The number of hydrogen-bond donors (Lipinski definition) is 0. The second-order valence-electron chi connectivity index (χ2n) is 5.71. The van der Waals surface area contributed by atoms with Crippen LogP contribution in [0.25, 0.3) is 0 Å². The topological polar surface area (TPSA) is 9.23 Å². The van der Waals surface area contributed by atoms with Gasteiger partial charge in [-0.15, -0.1) is 0 Å². The van der Waals surface area contributed by atoms with Gasteiger partial charge in [0.1, 0.15) is 0 Å². The maximum absolute atomic E-state index is 6.31. The van der Waals surface area contributed by atoms with Gasteiger partial charge in [0.25, 0.3) is 0 Å². The molecular weight excluding hydrogens is 224 g/mol. The minimum absolute atomic E-state index is 1.06. The van der Waals surface area contributed by atoms with Crippen molar-refractivity contribution in [3.63, 3.8) is 0 Å². The van der Waals surface area contributed by atoms with Gasteiger partial charge in [-0.1, -0.05) is 65.2 Å². The van der Waals surface area contributed by atoms with Gasteiger partial charge in [-0.3, -0.25) is 0 Å². The lowest BCUT2D eigenvalue weighted by molar-refractivity contribution is 0.290. The molecule has 0 unspecified atom stereocenters. The molecule has 1 aliphatic rings. The minimum atomic E-state index is -1.19. The van der Waals surface area contributed by atoms with Crippen LogP contribution in [0.5, 0.6) is 0 Å². The summed E-state index contributed by atoms with van der Waals surface area (Å²) in [6, 6.07) is 4.24. The summed E-state index contributed by atoms with van der Waals surface area (Å²) in [5, 5.41) is 0. The highest BCUT2D eigenvalue weighted by Crippen LogP contribution is 2.34. The molecule has 1 nitrogen and oxygen atoms in total. The summed E-state index contributed by atoms with van der Waals surface area (Å²) in [6.45, 7) is 5.69. The van der Waals surface area contributed by atoms with E-state index in [1.54, 1.807) is 0 Å². The first-order valence-corrected chi connectivity index (χ1v) is 10.5. The quantitative estimate of drug-likeness (QED) is 0.370. The molecule has 2 heteroatoms. The highest BCUT2D eigenvalue weighted by molar-refractivity contribution is 6.74. The summed E-state index contributed by atoms with van der Waals surface area (Å²) < 4.78 is 6.31. The molecule has 1 saturated heterocycles. The second-order valence-corrected chi connectivity index (χ2v) is 10.1. The van der Waals surface area contributed by atoms with E-state index in [0.29, 0.717) is 0 Å². The monoisotopic (exact) mass is 256 g/mol. The fourth-order valence-electron chi connectivity index (χ4n) is 2.97. The predicted octanol–water partition coefficient (Wildman–Crippen LogP) is 5.51. The molecule has 1 heterocycles. The van der Waals surface area contributed by atoms with E-state index < -0.39 is 8.32 Å². The summed E-state index contributed by atoms with van der Waals surface area (Å²) >= 11 is 0. The molecule has 0 aromatic heterocycles. The normalized spacial score (nSPS) is 18.7. The van der Waals surface area contributed by atoms with Crippen LogP contribution < -0.4 is 0 Å². The summed E-state index contributed by atoms with van der Waals surface area (Å²) in [6.07, 6.45) is 12.6. The highest BCUT2D eigenvalue weighted by Gasteiger charge is 2.36. The minimum Gasteiger partial charge on any atom is -0.417 e. The molecule has 0 saturated carbocycles. The first kappa shape index (κ1) is 15.2. The Labute approximate surface area is 109 Å². The number of rotatable bonds is 10. The van der Waals surface area contributed by atoms with E-state index in [4.69, 9.17) is 4.43 Å². The third-order valence-electron chi connectivity index (χ3n) is 4.32. The molecule has 102 valence electrons. The highest BCUT2D eigenvalue weighted by atomic mass is 28.4. The third kappa shape index (κ3) is 6.05. The van der Waals surface area contributed by atoms with E-state index in [-0.39, 0.29) is 0 Å². The van der Waals surface area contributed by atoms with Crippen molar-refractivity contribution in [1.29, 1.82) is 0 Å². The van der Waals surface area contributed by atoms with Crippen molar-refractivity contribution in [1.82, 2.24) is 0 Å². The van der Waals surface area contributed by atoms with E-state index in [1.165, 1.54) is 75.9 Å². The van der Waals surface area contributed by atoms with Crippen LogP contribution in [0.2, 0.25) is 18.1 Å². The first-order valence-electron chi connectivity index (χ1n) is 7.97. The van der Waals surface area contributed by atoms with Crippen LogP contribution in [0.1, 0.15) is 71.6 Å². The Morgan fingerprint density at radius 2 is 1.41 bits per heavy atom. The summed E-state index contributed by atoms with van der Waals surface area (Å²) in [7, 11) is -1.19. The van der Waals surface area contributed by atoms with Crippen molar-refractivity contribution in [2.45, 2.75) is 89.8 Å². The molecule has 0 radical (unpaired) electrons. The Morgan fingerprint density at radius 3 is 2.00 bits per heavy atom. The molecule has 0 amide bonds. The molecule has 0 bridgehead atoms. The van der Waals surface area contributed by atoms with Crippen LogP contribution in [0.4, 0.5) is 0 Å². The molecule has 17 heavy (non-hydrogen) atoms. The Morgan fingerprint density at radius 1 is 0.824 bits per heavy atom. The van der Waals surface area contributed by atoms with E-state index in [0.717, 1.165) is 6.61 Å². The lowest BCUT2D eigenvalue weighted by Gasteiger charge is -2.25. The standard InChI is InChI=1S/C15H32OSi/c1-3-5-6-7-8-9-10-13-16-17(4-2)14-11-12-15-17/h3-15H2,1-2H3. The van der Waals surface area contributed by atoms with Crippen molar-refractivity contribution in [3.05, 3.63) is 0 Å². The molecule has 0 atom stereocenters. The average molecular weight is 257 g/mol. The largest absolute Gasteiger partial charge is 0.417 e. The second kappa shape index (κ2) is 9.15. The van der Waals surface area contributed by atoms with Gasteiger partial charge < -0.3 is 4.43 Å². The number of hydrogen-bond acceptors (Lipinski definition) is 1. The van der Waals surface area contributed by atoms with Crippen LogP contribution >= 0.6 is 0 Å². The molecule has 1 aliphatic heterocycles. The van der Waals surface area contributed by atoms with Crippen LogP contribution in [0.3, 0.4) is 0 Å². The van der Waals surface area contributed by atoms with Crippen molar-refractivity contribution in [3.8, 4) is 0 Å². The van der Waals surface area contributed by atoms with Crippen molar-refractivity contribution >= 4 is 8.32 Å². The van der Waals surface area contributed by atoms with Crippen LogP contribution in [0, 0.1) is 0 Å². The molecule has 0 aromatic carbocycles. The number of unbranched alkanes of at least 4 members (excludes halogenated alkanes) is 6. The zero-order valence-corrected chi connectivity index (χ0v) is 13.1. The maximum atomic E-state index is 6.31. The first-order chi connectivity index (χ1) is 8.33. The lowest BCUT2D eigenvalue weighted by atomic mass is 10.1. The lowest BCUT2D eigenvalue weighted by Crippen LogP contribution is -2.33. The Balaban J connectivity index is 1.92. The van der Waals surface area contributed by atoms with E-state index in [9.17, 15) is 0 Å². The Kier molecular flexibility index (Phi) is 8.20. The van der Waals surface area contributed by atoms with E-state index in [2.05, 4.69) is 13.8 Å². The maximum Gasteiger partial charge on any atom is 0.192 e. The summed E-state index contributed by atoms with van der Waals surface area (Å²) in [5.41, 5.74) is 0. The van der Waals surface area contributed by atoms with Gasteiger partial charge in [0, 0.05) is 6.61 Å². The summed E-state index contributed by atoms with van der Waals surface area (Å²) in [4.78, 5) is 0. The van der Waals surface area contributed by atoms with Crippen LogP contribution in [-0.4, -0.2) is 14.9 Å². The van der Waals surface area contributed by atoms with Crippen LogP contribution in [-0.2, 0) is 4.43 Å². The Bertz CT molecular complexity index is 176. The van der Waals surface area contributed by atoms with E-state index in [1.807, 2.05) is 0 Å². The average Bonchev–Trinajstić information content (AvgIpc) is 2.82. The zero-order valence-electron chi connectivity index (χ0n) is 12.1. The van der Waals surface area contributed by atoms with Crippen LogP contribution in [0.15, 0.2) is 0 Å². The van der Waals surface area contributed by atoms with Gasteiger partial charge in [-0.25, -0.2) is 0 Å². The van der Waals surface area contributed by atoms with Gasteiger partial charge in [-0.2, -0.15) is 0 Å². The fourth-order valence-corrected chi connectivity index (χ4v) is 6.78. The van der Waals surface area contributed by atoms with Crippen molar-refractivity contribution in [2.24, 2.45) is 0 Å². The molecule has 0 aliphatic carbocycles. The van der Waals surface area contributed by atoms with Gasteiger partial charge in [0.2, 0.25) is 0 Å². The van der Waals surface area contributed by atoms with Crippen molar-refractivity contribution in [2.75, 3.05) is 6.61 Å². The van der Waals surface area contributed by atoms with E-state index >= 15 is 0 Å². The smallest absolute Gasteiger partial charge is 0.192 e.